The first-order valence-corrected chi connectivity index (χ1v) is 8.40. The summed E-state index contributed by atoms with van der Waals surface area (Å²) in [7, 11) is -3.50. The summed E-state index contributed by atoms with van der Waals surface area (Å²) in [5.41, 5.74) is 2.22. The van der Waals surface area contributed by atoms with Gasteiger partial charge in [0, 0.05) is 25.6 Å². The maximum absolute atomic E-state index is 12.4. The van der Waals surface area contributed by atoms with E-state index in [1.54, 1.807) is 24.5 Å². The molecule has 1 atom stereocenters. The molecule has 0 bridgehead atoms. The molecule has 6 heteroatoms. The summed E-state index contributed by atoms with van der Waals surface area (Å²) >= 11 is 0. The molecule has 2 N–H and O–H groups in total. The van der Waals surface area contributed by atoms with Gasteiger partial charge in [0.15, 0.2) is 0 Å². The number of hydrogen-bond donors (Lipinski definition) is 2. The van der Waals surface area contributed by atoms with Crippen LogP contribution < -0.4 is 10.0 Å². The standard InChI is InChI=1S/C15H18N2O3S/c1-11(7-14-3-2-6-20-14)17-21(18,19)15-5-4-12-9-16-10-13(12)8-15/h2-6,8,11,16-17H,7,9-10H2,1H3. The summed E-state index contributed by atoms with van der Waals surface area (Å²) in [6.07, 6.45) is 2.11. The molecule has 2 aromatic rings. The van der Waals surface area contributed by atoms with Gasteiger partial charge in [-0.15, -0.1) is 0 Å². The molecule has 0 radical (unpaired) electrons. The molecule has 1 aromatic heterocycles. The van der Waals surface area contributed by atoms with Crippen LogP contribution in [0.25, 0.3) is 0 Å². The Balaban J connectivity index is 1.74. The monoisotopic (exact) mass is 306 g/mol. The van der Waals surface area contributed by atoms with Crippen molar-refractivity contribution in [1.29, 1.82) is 0 Å². The van der Waals surface area contributed by atoms with Gasteiger partial charge in [-0.1, -0.05) is 6.07 Å². The van der Waals surface area contributed by atoms with Crippen molar-refractivity contribution in [2.45, 2.75) is 37.4 Å². The van der Waals surface area contributed by atoms with Crippen molar-refractivity contribution in [1.82, 2.24) is 10.0 Å². The van der Waals surface area contributed by atoms with E-state index in [0.29, 0.717) is 11.3 Å². The minimum atomic E-state index is -3.50. The van der Waals surface area contributed by atoms with Crippen LogP contribution in [0.2, 0.25) is 0 Å². The predicted molar refractivity (Wildman–Crippen MR) is 79.2 cm³/mol. The Labute approximate surface area is 124 Å². The van der Waals surface area contributed by atoms with E-state index in [4.69, 9.17) is 4.42 Å². The van der Waals surface area contributed by atoms with Gasteiger partial charge in [-0.25, -0.2) is 13.1 Å². The van der Waals surface area contributed by atoms with Gasteiger partial charge in [0.05, 0.1) is 11.2 Å². The Kier molecular flexibility index (Phi) is 3.84. The van der Waals surface area contributed by atoms with Gasteiger partial charge in [-0.3, -0.25) is 0 Å². The molecule has 1 aromatic carbocycles. The molecular formula is C15H18N2O3S. The number of sulfonamides is 1. The van der Waals surface area contributed by atoms with E-state index in [1.165, 1.54) is 0 Å². The lowest BCUT2D eigenvalue weighted by Crippen LogP contribution is -2.34. The van der Waals surface area contributed by atoms with Crippen molar-refractivity contribution in [3.63, 3.8) is 0 Å². The third kappa shape index (κ3) is 3.18. The fourth-order valence-corrected chi connectivity index (χ4v) is 3.84. The molecule has 0 fully saturated rings. The highest BCUT2D eigenvalue weighted by molar-refractivity contribution is 7.89. The van der Waals surface area contributed by atoms with E-state index in [9.17, 15) is 8.42 Å². The van der Waals surface area contributed by atoms with Gasteiger partial charge in [0.2, 0.25) is 10.0 Å². The number of fused-ring (bicyclic) bond motifs is 1. The maximum Gasteiger partial charge on any atom is 0.240 e. The molecule has 21 heavy (non-hydrogen) atoms. The first-order chi connectivity index (χ1) is 10.0. The average molecular weight is 306 g/mol. The van der Waals surface area contributed by atoms with Crippen LogP contribution >= 0.6 is 0 Å². The van der Waals surface area contributed by atoms with E-state index in [2.05, 4.69) is 10.0 Å². The Morgan fingerprint density at radius 2 is 2.10 bits per heavy atom. The third-order valence-electron chi connectivity index (χ3n) is 3.56. The number of nitrogens with one attached hydrogen (secondary N) is 2. The van der Waals surface area contributed by atoms with Crippen LogP contribution in [-0.2, 0) is 29.5 Å². The lowest BCUT2D eigenvalue weighted by Gasteiger charge is -2.13. The quantitative estimate of drug-likeness (QED) is 0.883. The predicted octanol–water partition coefficient (Wildman–Crippen LogP) is 1.79. The Morgan fingerprint density at radius 1 is 1.29 bits per heavy atom. The highest BCUT2D eigenvalue weighted by Gasteiger charge is 2.20. The SMILES string of the molecule is CC(Cc1ccco1)NS(=O)(=O)c1ccc2c(c1)CNC2. The average Bonchev–Trinajstić information content (AvgIpc) is 3.07. The number of furan rings is 1. The minimum absolute atomic E-state index is 0.229. The van der Waals surface area contributed by atoms with Crippen molar-refractivity contribution in [2.75, 3.05) is 0 Å². The van der Waals surface area contributed by atoms with Crippen LogP contribution in [0.5, 0.6) is 0 Å². The lowest BCUT2D eigenvalue weighted by molar-refractivity contribution is 0.479. The number of rotatable bonds is 5. The van der Waals surface area contributed by atoms with Crippen LogP contribution in [0.1, 0.15) is 23.8 Å². The Hall–Kier alpha value is -1.63. The Morgan fingerprint density at radius 3 is 2.86 bits per heavy atom. The van der Waals surface area contributed by atoms with E-state index in [1.807, 2.05) is 19.1 Å². The highest BCUT2D eigenvalue weighted by atomic mass is 32.2. The first kappa shape index (κ1) is 14.3. The van der Waals surface area contributed by atoms with Crippen LogP contribution in [0.4, 0.5) is 0 Å². The summed E-state index contributed by atoms with van der Waals surface area (Å²) in [5, 5.41) is 3.21. The second kappa shape index (κ2) is 5.63. The molecule has 0 amide bonds. The van der Waals surface area contributed by atoms with Crippen molar-refractivity contribution in [3.8, 4) is 0 Å². The molecule has 112 valence electrons. The molecule has 2 heterocycles. The van der Waals surface area contributed by atoms with E-state index in [-0.39, 0.29) is 6.04 Å². The fourth-order valence-electron chi connectivity index (χ4n) is 2.54. The topological polar surface area (TPSA) is 71.3 Å². The third-order valence-corrected chi connectivity index (χ3v) is 5.15. The molecule has 0 saturated carbocycles. The summed E-state index contributed by atoms with van der Waals surface area (Å²) in [6, 6.07) is 8.69. The van der Waals surface area contributed by atoms with Gasteiger partial charge >= 0.3 is 0 Å². The van der Waals surface area contributed by atoms with Gasteiger partial charge in [-0.2, -0.15) is 0 Å². The number of hydrogen-bond acceptors (Lipinski definition) is 4. The molecule has 1 aliphatic rings. The maximum atomic E-state index is 12.4. The largest absolute Gasteiger partial charge is 0.469 e. The van der Waals surface area contributed by atoms with Gasteiger partial charge in [-0.05, 0) is 42.3 Å². The van der Waals surface area contributed by atoms with E-state index < -0.39 is 10.0 Å². The summed E-state index contributed by atoms with van der Waals surface area (Å²) in [4.78, 5) is 0.316. The highest BCUT2D eigenvalue weighted by Crippen LogP contribution is 2.20. The normalized spacial score (nSPS) is 15.9. The van der Waals surface area contributed by atoms with Crippen LogP contribution in [0.15, 0.2) is 45.9 Å². The minimum Gasteiger partial charge on any atom is -0.469 e. The molecule has 1 aliphatic heterocycles. The molecule has 0 aliphatic carbocycles. The van der Waals surface area contributed by atoms with Crippen LogP contribution in [0.3, 0.4) is 0 Å². The van der Waals surface area contributed by atoms with E-state index in [0.717, 1.165) is 30.0 Å². The van der Waals surface area contributed by atoms with E-state index >= 15 is 0 Å². The molecule has 1 unspecified atom stereocenters. The van der Waals surface area contributed by atoms with Crippen molar-refractivity contribution < 1.29 is 12.8 Å². The van der Waals surface area contributed by atoms with Crippen molar-refractivity contribution in [2.24, 2.45) is 0 Å². The van der Waals surface area contributed by atoms with Crippen LogP contribution in [0, 0.1) is 0 Å². The second-order valence-electron chi connectivity index (χ2n) is 5.34. The molecular weight excluding hydrogens is 288 g/mol. The van der Waals surface area contributed by atoms with Gasteiger partial charge in [0.1, 0.15) is 5.76 Å². The van der Waals surface area contributed by atoms with Gasteiger partial charge in [0.25, 0.3) is 0 Å². The summed E-state index contributed by atoms with van der Waals surface area (Å²) in [5.74, 6) is 0.767. The first-order valence-electron chi connectivity index (χ1n) is 6.92. The molecule has 5 nitrogen and oxygen atoms in total. The summed E-state index contributed by atoms with van der Waals surface area (Å²) < 4.78 is 32.8. The smallest absolute Gasteiger partial charge is 0.240 e. The summed E-state index contributed by atoms with van der Waals surface area (Å²) in [6.45, 7) is 3.35. The zero-order valence-corrected chi connectivity index (χ0v) is 12.6. The second-order valence-corrected chi connectivity index (χ2v) is 7.05. The van der Waals surface area contributed by atoms with Gasteiger partial charge < -0.3 is 9.73 Å². The Bertz CT molecular complexity index is 723. The fraction of sp³-hybridized carbons (Fsp3) is 0.333. The lowest BCUT2D eigenvalue weighted by atomic mass is 10.1. The molecule has 0 saturated heterocycles. The van der Waals surface area contributed by atoms with Crippen molar-refractivity contribution >= 4 is 10.0 Å². The number of benzene rings is 1. The zero-order chi connectivity index (χ0) is 14.9. The van der Waals surface area contributed by atoms with Crippen molar-refractivity contribution in [3.05, 3.63) is 53.5 Å². The zero-order valence-electron chi connectivity index (χ0n) is 11.8. The molecule has 3 rings (SSSR count). The molecule has 0 spiro atoms. The van der Waals surface area contributed by atoms with Crippen LogP contribution in [-0.4, -0.2) is 14.5 Å².